The molecule has 0 aliphatic carbocycles. The molecule has 15 heteroatoms. The molecule has 11 N–H and O–H groups in total. The van der Waals surface area contributed by atoms with E-state index >= 15 is 0 Å². The molecular formula is C23H43N7O7S. The lowest BCUT2D eigenvalue weighted by molar-refractivity contribution is -0.142. The molecule has 38 heavy (non-hydrogen) atoms. The van der Waals surface area contributed by atoms with Crippen molar-refractivity contribution in [3.63, 3.8) is 0 Å². The maximum Gasteiger partial charge on any atom is 0.326 e. The van der Waals surface area contributed by atoms with Crippen LogP contribution in [0.1, 0.15) is 59.3 Å². The molecule has 6 atom stereocenters. The van der Waals surface area contributed by atoms with Crippen molar-refractivity contribution in [1.29, 1.82) is 0 Å². The number of hydrogen-bond acceptors (Lipinski definition) is 9. The molecule has 0 spiro atoms. The lowest BCUT2D eigenvalue weighted by Gasteiger charge is -2.25. The van der Waals surface area contributed by atoms with Crippen molar-refractivity contribution >= 4 is 48.1 Å². The topological polar surface area (TPSA) is 249 Å². The maximum atomic E-state index is 12.9. The highest BCUT2D eigenvalue weighted by molar-refractivity contribution is 7.80. The minimum Gasteiger partial charge on any atom is -0.480 e. The van der Waals surface area contributed by atoms with Crippen molar-refractivity contribution in [1.82, 2.24) is 21.3 Å². The summed E-state index contributed by atoms with van der Waals surface area (Å²) in [5, 5.41) is 19.0. The third-order valence-electron chi connectivity index (χ3n) is 6.00. The van der Waals surface area contributed by atoms with Gasteiger partial charge in [0.05, 0.1) is 6.04 Å². The number of carboxylic acid groups (broad SMARTS) is 1. The number of rotatable bonds is 19. The lowest BCUT2D eigenvalue weighted by Crippen LogP contribution is -2.58. The number of aliphatic carboxylic acids is 1. The van der Waals surface area contributed by atoms with E-state index < -0.39 is 65.7 Å². The molecule has 0 aromatic carbocycles. The molecule has 0 aliphatic heterocycles. The average Bonchev–Trinajstić information content (AvgIpc) is 2.87. The summed E-state index contributed by atoms with van der Waals surface area (Å²) in [7, 11) is 0. The van der Waals surface area contributed by atoms with Crippen molar-refractivity contribution < 1.29 is 33.9 Å². The van der Waals surface area contributed by atoms with E-state index in [2.05, 4.69) is 33.9 Å². The van der Waals surface area contributed by atoms with Crippen molar-refractivity contribution in [3.8, 4) is 0 Å². The first-order valence-corrected chi connectivity index (χ1v) is 13.2. The number of hydrogen-bond donors (Lipinski definition) is 9. The van der Waals surface area contributed by atoms with Crippen LogP contribution < -0.4 is 38.5 Å². The summed E-state index contributed by atoms with van der Waals surface area (Å²) in [4.78, 5) is 73.3. The number of amides is 5. The monoisotopic (exact) mass is 561 g/mol. The lowest BCUT2D eigenvalue weighted by atomic mass is 9.98. The molecular weight excluding hydrogens is 518 g/mol. The second-order valence-electron chi connectivity index (χ2n) is 9.14. The van der Waals surface area contributed by atoms with Crippen LogP contribution >= 0.6 is 12.6 Å². The fourth-order valence-electron chi connectivity index (χ4n) is 3.23. The smallest absolute Gasteiger partial charge is 0.326 e. The number of nitrogens with two attached hydrogens (primary N) is 3. The Bertz CT molecular complexity index is 830. The molecule has 0 saturated carbocycles. The Balaban J connectivity index is 5.27. The van der Waals surface area contributed by atoms with Gasteiger partial charge in [-0.2, -0.15) is 12.6 Å². The number of nitrogens with one attached hydrogen (secondary N) is 4. The molecule has 0 rings (SSSR count). The van der Waals surface area contributed by atoms with Gasteiger partial charge in [0.25, 0.3) is 0 Å². The Hall–Kier alpha value is -2.91. The van der Waals surface area contributed by atoms with Crippen molar-refractivity contribution in [2.75, 3.05) is 12.3 Å². The SMILES string of the molecule is CCC(C)C(N)C(=O)NC(CCC(N)=O)C(=O)NC(CS)C(=O)NC(C)C(=O)NC(CCCCN)C(=O)O. The van der Waals surface area contributed by atoms with Gasteiger partial charge in [0.2, 0.25) is 29.5 Å². The first-order valence-electron chi connectivity index (χ1n) is 12.6. The van der Waals surface area contributed by atoms with Crippen molar-refractivity contribution in [2.45, 2.75) is 89.5 Å². The molecule has 0 aromatic heterocycles. The Labute approximate surface area is 228 Å². The van der Waals surface area contributed by atoms with E-state index in [1.807, 2.05) is 6.92 Å². The number of carbonyl (C=O) groups is 6. The maximum absolute atomic E-state index is 12.9. The molecule has 0 radical (unpaired) electrons. The molecule has 14 nitrogen and oxygen atoms in total. The summed E-state index contributed by atoms with van der Waals surface area (Å²) < 4.78 is 0. The van der Waals surface area contributed by atoms with E-state index in [0.717, 1.165) is 0 Å². The third-order valence-corrected chi connectivity index (χ3v) is 6.37. The van der Waals surface area contributed by atoms with Crippen LogP contribution in [0.15, 0.2) is 0 Å². The highest BCUT2D eigenvalue weighted by atomic mass is 32.1. The predicted molar refractivity (Wildman–Crippen MR) is 144 cm³/mol. The summed E-state index contributed by atoms with van der Waals surface area (Å²) in [6, 6.07) is -5.58. The summed E-state index contributed by atoms with van der Waals surface area (Å²) in [5.74, 6) is -5.09. The van der Waals surface area contributed by atoms with Gasteiger partial charge in [0.15, 0.2) is 0 Å². The minimum absolute atomic E-state index is 0.124. The molecule has 0 fully saturated rings. The van der Waals surface area contributed by atoms with Gasteiger partial charge in [-0.05, 0) is 45.1 Å². The van der Waals surface area contributed by atoms with Gasteiger partial charge in [-0.15, -0.1) is 0 Å². The van der Waals surface area contributed by atoms with Crippen LogP contribution in [-0.2, 0) is 28.8 Å². The van der Waals surface area contributed by atoms with E-state index in [1.54, 1.807) is 6.92 Å². The van der Waals surface area contributed by atoms with E-state index in [9.17, 15) is 33.9 Å². The van der Waals surface area contributed by atoms with Crippen LogP contribution in [0.2, 0.25) is 0 Å². The molecule has 0 saturated heterocycles. The van der Waals surface area contributed by atoms with Gasteiger partial charge >= 0.3 is 5.97 Å². The standard InChI is InChI=1S/C23H43N7O7S/c1-4-12(2)18(26)22(35)28-14(8-9-17(25)31)20(33)30-16(11-38)21(34)27-13(3)19(32)29-15(23(36)37)7-5-6-10-24/h12-16,18,38H,4-11,24,26H2,1-3H3,(H2,25,31)(H,27,34)(H,28,35)(H,29,32)(H,30,33)(H,36,37). The Morgan fingerprint density at radius 2 is 1.37 bits per heavy atom. The highest BCUT2D eigenvalue weighted by Gasteiger charge is 2.30. The average molecular weight is 562 g/mol. The zero-order valence-corrected chi connectivity index (χ0v) is 23.1. The second-order valence-corrected chi connectivity index (χ2v) is 9.50. The molecule has 6 unspecified atom stereocenters. The molecule has 0 bridgehead atoms. The normalized spacial score (nSPS) is 15.6. The first kappa shape index (κ1) is 35.1. The van der Waals surface area contributed by atoms with Gasteiger partial charge in [0, 0.05) is 12.2 Å². The summed E-state index contributed by atoms with van der Waals surface area (Å²) in [6.07, 6.45) is 1.56. The van der Waals surface area contributed by atoms with Crippen LogP contribution in [0.5, 0.6) is 0 Å². The van der Waals surface area contributed by atoms with Crippen LogP contribution in [0.25, 0.3) is 0 Å². The fraction of sp³-hybridized carbons (Fsp3) is 0.739. The van der Waals surface area contributed by atoms with Gasteiger partial charge < -0.3 is 43.6 Å². The van der Waals surface area contributed by atoms with E-state index in [0.29, 0.717) is 25.8 Å². The Kier molecular flexibility index (Phi) is 17.0. The zero-order chi connectivity index (χ0) is 29.4. The van der Waals surface area contributed by atoms with Gasteiger partial charge in [-0.3, -0.25) is 24.0 Å². The van der Waals surface area contributed by atoms with Crippen molar-refractivity contribution in [3.05, 3.63) is 0 Å². The van der Waals surface area contributed by atoms with Crippen LogP contribution in [-0.4, -0.2) is 83.1 Å². The predicted octanol–water partition coefficient (Wildman–Crippen LogP) is -2.27. The fourth-order valence-corrected chi connectivity index (χ4v) is 3.49. The molecule has 0 heterocycles. The number of unbranched alkanes of at least 4 members (excludes halogenated alkanes) is 1. The minimum atomic E-state index is -1.22. The highest BCUT2D eigenvalue weighted by Crippen LogP contribution is 2.07. The summed E-state index contributed by atoms with van der Waals surface area (Å²) in [6.45, 7) is 5.38. The van der Waals surface area contributed by atoms with E-state index in [1.165, 1.54) is 6.92 Å². The van der Waals surface area contributed by atoms with Gasteiger partial charge in [0.1, 0.15) is 24.2 Å². The molecule has 5 amide bonds. The van der Waals surface area contributed by atoms with E-state index in [4.69, 9.17) is 17.2 Å². The number of primary amides is 1. The van der Waals surface area contributed by atoms with Gasteiger partial charge in [-0.1, -0.05) is 20.3 Å². The van der Waals surface area contributed by atoms with E-state index in [-0.39, 0.29) is 30.9 Å². The molecule has 0 aromatic rings. The number of thiol groups is 1. The Morgan fingerprint density at radius 3 is 1.87 bits per heavy atom. The summed E-state index contributed by atoms with van der Waals surface area (Å²) >= 11 is 4.08. The largest absolute Gasteiger partial charge is 0.480 e. The van der Waals surface area contributed by atoms with Crippen LogP contribution in [0.4, 0.5) is 0 Å². The van der Waals surface area contributed by atoms with Crippen molar-refractivity contribution in [2.24, 2.45) is 23.1 Å². The zero-order valence-electron chi connectivity index (χ0n) is 22.2. The molecule has 0 aliphatic rings. The second kappa shape index (κ2) is 18.4. The summed E-state index contributed by atoms with van der Waals surface area (Å²) in [5.41, 5.74) is 16.5. The Morgan fingerprint density at radius 1 is 0.816 bits per heavy atom. The van der Waals surface area contributed by atoms with Crippen LogP contribution in [0.3, 0.4) is 0 Å². The molecule has 218 valence electrons. The van der Waals surface area contributed by atoms with Gasteiger partial charge in [-0.25, -0.2) is 4.79 Å². The number of carboxylic acids is 1. The number of carbonyl (C=O) groups excluding carboxylic acids is 5. The van der Waals surface area contributed by atoms with Crippen LogP contribution in [0, 0.1) is 5.92 Å². The third kappa shape index (κ3) is 13.1. The first-order chi connectivity index (χ1) is 17.8. The quantitative estimate of drug-likeness (QED) is 0.0608.